The lowest BCUT2D eigenvalue weighted by Crippen LogP contribution is -2.20. The minimum Gasteiger partial charge on any atom is -0.505 e. The number of phenolic OH excluding ortho intramolecular Hbond substituents is 1. The second-order valence-electron chi connectivity index (χ2n) is 2.62. The predicted molar refractivity (Wildman–Crippen MR) is 47.6 cm³/mol. The number of aromatic hydroxyl groups is 1. The molecule has 1 aromatic rings. The van der Waals surface area contributed by atoms with Gasteiger partial charge in [-0.15, -0.1) is 0 Å². The molecule has 0 aliphatic heterocycles. The lowest BCUT2D eigenvalue weighted by atomic mass is 10.1. The van der Waals surface area contributed by atoms with Crippen molar-refractivity contribution in [2.24, 2.45) is 5.73 Å². The van der Waals surface area contributed by atoms with Crippen LogP contribution in [0.15, 0.2) is 12.1 Å². The Hall–Kier alpha value is -1.33. The maximum absolute atomic E-state index is 13.0. The summed E-state index contributed by atoms with van der Waals surface area (Å²) in [5, 5.41) is 17.4. The van der Waals surface area contributed by atoms with Crippen molar-refractivity contribution in [1.82, 2.24) is 0 Å². The molecule has 0 saturated carbocycles. The second kappa shape index (κ2) is 3.81. The maximum atomic E-state index is 13.0. The standard InChI is InChI=1S/C8H7ClFNO3/c9-4-2-1-3(6(11)8(13)14)7(12)5(4)10/h1-2,6,12H,11H2,(H,13,14). The molecule has 1 unspecified atom stereocenters. The Morgan fingerprint density at radius 3 is 2.64 bits per heavy atom. The van der Waals surface area contributed by atoms with Crippen LogP contribution < -0.4 is 5.73 Å². The van der Waals surface area contributed by atoms with Crippen LogP contribution in [0, 0.1) is 5.82 Å². The zero-order valence-corrected chi connectivity index (χ0v) is 7.62. The van der Waals surface area contributed by atoms with Crippen LogP contribution in [0.25, 0.3) is 0 Å². The van der Waals surface area contributed by atoms with Gasteiger partial charge < -0.3 is 15.9 Å². The van der Waals surface area contributed by atoms with E-state index in [1.54, 1.807) is 0 Å². The van der Waals surface area contributed by atoms with Gasteiger partial charge in [0.1, 0.15) is 6.04 Å². The number of phenols is 1. The number of carbonyl (C=O) groups is 1. The molecule has 4 N–H and O–H groups in total. The first-order valence-corrected chi connectivity index (χ1v) is 3.98. The number of benzene rings is 1. The zero-order valence-electron chi connectivity index (χ0n) is 6.87. The van der Waals surface area contributed by atoms with Crippen LogP contribution in [0.5, 0.6) is 5.75 Å². The summed E-state index contributed by atoms with van der Waals surface area (Å²) in [6.07, 6.45) is 0. The van der Waals surface area contributed by atoms with E-state index in [0.29, 0.717) is 0 Å². The van der Waals surface area contributed by atoms with E-state index in [-0.39, 0.29) is 10.6 Å². The van der Waals surface area contributed by atoms with Gasteiger partial charge in [0.2, 0.25) is 0 Å². The first kappa shape index (κ1) is 10.7. The third kappa shape index (κ3) is 1.78. The van der Waals surface area contributed by atoms with E-state index in [4.69, 9.17) is 22.4 Å². The van der Waals surface area contributed by atoms with Gasteiger partial charge in [-0.1, -0.05) is 17.7 Å². The summed E-state index contributed by atoms with van der Waals surface area (Å²) in [7, 11) is 0. The Morgan fingerprint density at radius 2 is 2.14 bits per heavy atom. The lowest BCUT2D eigenvalue weighted by Gasteiger charge is -2.09. The van der Waals surface area contributed by atoms with E-state index in [9.17, 15) is 14.3 Å². The van der Waals surface area contributed by atoms with Gasteiger partial charge in [0, 0.05) is 5.56 Å². The normalized spacial score (nSPS) is 12.5. The fraction of sp³-hybridized carbons (Fsp3) is 0.125. The molecule has 4 nitrogen and oxygen atoms in total. The molecule has 76 valence electrons. The predicted octanol–water partition coefficient (Wildman–Crippen LogP) is 1.27. The summed E-state index contributed by atoms with van der Waals surface area (Å²) in [6, 6.07) is 0.829. The van der Waals surface area contributed by atoms with Crippen LogP contribution in [0.1, 0.15) is 11.6 Å². The second-order valence-corrected chi connectivity index (χ2v) is 3.02. The van der Waals surface area contributed by atoms with Gasteiger partial charge in [-0.25, -0.2) is 4.39 Å². The van der Waals surface area contributed by atoms with Crippen LogP contribution in [-0.2, 0) is 4.79 Å². The van der Waals surface area contributed by atoms with Crippen LogP contribution in [0.3, 0.4) is 0 Å². The van der Waals surface area contributed by atoms with Crippen molar-refractivity contribution in [3.05, 3.63) is 28.5 Å². The van der Waals surface area contributed by atoms with Crippen molar-refractivity contribution in [3.8, 4) is 5.75 Å². The van der Waals surface area contributed by atoms with Crippen LogP contribution in [0.4, 0.5) is 4.39 Å². The largest absolute Gasteiger partial charge is 0.505 e. The van der Waals surface area contributed by atoms with Gasteiger partial charge in [-0.2, -0.15) is 0 Å². The minimum atomic E-state index is -1.47. The number of rotatable bonds is 2. The number of carboxylic acid groups (broad SMARTS) is 1. The van der Waals surface area contributed by atoms with E-state index in [2.05, 4.69) is 0 Å². The Balaban J connectivity index is 3.24. The summed E-state index contributed by atoms with van der Waals surface area (Å²) in [4.78, 5) is 10.5. The van der Waals surface area contributed by atoms with E-state index < -0.39 is 23.6 Å². The van der Waals surface area contributed by atoms with Crippen molar-refractivity contribution >= 4 is 17.6 Å². The van der Waals surface area contributed by atoms with Gasteiger partial charge in [0.25, 0.3) is 0 Å². The minimum absolute atomic E-state index is 0.209. The van der Waals surface area contributed by atoms with Crippen LogP contribution in [-0.4, -0.2) is 16.2 Å². The van der Waals surface area contributed by atoms with Gasteiger partial charge >= 0.3 is 5.97 Å². The quantitative estimate of drug-likeness (QED) is 0.699. The highest BCUT2D eigenvalue weighted by Gasteiger charge is 2.21. The Morgan fingerprint density at radius 1 is 1.57 bits per heavy atom. The summed E-state index contributed by atoms with van der Waals surface area (Å²) in [5.41, 5.74) is 4.98. The smallest absolute Gasteiger partial charge is 0.325 e. The molecule has 0 fully saturated rings. The van der Waals surface area contributed by atoms with Crippen molar-refractivity contribution in [3.63, 3.8) is 0 Å². The number of halogens is 2. The SMILES string of the molecule is NC(C(=O)O)c1ccc(Cl)c(F)c1O. The van der Waals surface area contributed by atoms with E-state index >= 15 is 0 Å². The molecule has 0 heterocycles. The highest BCUT2D eigenvalue weighted by atomic mass is 35.5. The van der Waals surface area contributed by atoms with Gasteiger partial charge in [-0.3, -0.25) is 4.79 Å². The molecule has 0 radical (unpaired) electrons. The lowest BCUT2D eigenvalue weighted by molar-refractivity contribution is -0.138. The molecular weight excluding hydrogens is 213 g/mol. The third-order valence-corrected chi connectivity index (χ3v) is 1.99. The number of nitrogens with two attached hydrogens (primary N) is 1. The molecule has 0 aliphatic carbocycles. The first-order chi connectivity index (χ1) is 6.45. The molecule has 14 heavy (non-hydrogen) atoms. The maximum Gasteiger partial charge on any atom is 0.325 e. The van der Waals surface area contributed by atoms with Crippen molar-refractivity contribution in [2.45, 2.75) is 6.04 Å². The number of carboxylic acids is 1. The molecule has 1 aromatic carbocycles. The number of hydrogen-bond acceptors (Lipinski definition) is 3. The molecule has 1 rings (SSSR count). The third-order valence-electron chi connectivity index (χ3n) is 1.70. The van der Waals surface area contributed by atoms with E-state index in [1.165, 1.54) is 6.07 Å². The van der Waals surface area contributed by atoms with Gasteiger partial charge in [0.15, 0.2) is 11.6 Å². The molecule has 1 atom stereocenters. The van der Waals surface area contributed by atoms with Crippen molar-refractivity contribution in [1.29, 1.82) is 0 Å². The summed E-state index contributed by atoms with van der Waals surface area (Å²) in [5.74, 6) is -3.25. The van der Waals surface area contributed by atoms with E-state index in [1.807, 2.05) is 0 Å². The number of aliphatic carboxylic acids is 1. The molecular formula is C8H7ClFNO3. The molecule has 0 aromatic heterocycles. The van der Waals surface area contributed by atoms with Crippen LogP contribution in [0.2, 0.25) is 5.02 Å². The summed E-state index contributed by atoms with van der Waals surface area (Å²) < 4.78 is 13.0. The van der Waals surface area contributed by atoms with Gasteiger partial charge in [-0.05, 0) is 6.07 Å². The summed E-state index contributed by atoms with van der Waals surface area (Å²) >= 11 is 5.35. The average Bonchev–Trinajstić information content (AvgIpc) is 2.13. The van der Waals surface area contributed by atoms with Gasteiger partial charge in [0.05, 0.1) is 5.02 Å². The fourth-order valence-corrected chi connectivity index (χ4v) is 1.09. The highest BCUT2D eigenvalue weighted by molar-refractivity contribution is 6.30. The Bertz CT molecular complexity index is 383. The van der Waals surface area contributed by atoms with Crippen LogP contribution >= 0.6 is 11.6 Å². The van der Waals surface area contributed by atoms with Crippen molar-refractivity contribution in [2.75, 3.05) is 0 Å². The molecule has 6 heteroatoms. The van der Waals surface area contributed by atoms with Crippen molar-refractivity contribution < 1.29 is 19.4 Å². The Labute approximate surface area is 83.7 Å². The van der Waals surface area contributed by atoms with E-state index in [0.717, 1.165) is 6.07 Å². The average molecular weight is 220 g/mol. The topological polar surface area (TPSA) is 83.6 Å². The molecule has 0 bridgehead atoms. The summed E-state index contributed by atoms with van der Waals surface area (Å²) in [6.45, 7) is 0. The molecule has 0 aliphatic rings. The number of hydrogen-bond donors (Lipinski definition) is 3. The molecule has 0 spiro atoms. The first-order valence-electron chi connectivity index (χ1n) is 3.60. The highest BCUT2D eigenvalue weighted by Crippen LogP contribution is 2.30. The Kier molecular flexibility index (Phi) is 2.93. The zero-order chi connectivity index (χ0) is 10.9. The molecule has 0 saturated heterocycles. The molecule has 0 amide bonds. The monoisotopic (exact) mass is 219 g/mol. The fourth-order valence-electron chi connectivity index (χ4n) is 0.939.